The summed E-state index contributed by atoms with van der Waals surface area (Å²) in [5.41, 5.74) is 6.73. The van der Waals surface area contributed by atoms with Crippen LogP contribution < -0.4 is 11.1 Å². The van der Waals surface area contributed by atoms with Crippen LogP contribution in [-0.4, -0.2) is 57.6 Å². The number of amides is 2. The monoisotopic (exact) mass is 391 g/mol. The number of nitrogens with two attached hydrogens (primary N) is 1. The molecular formula is C20H29N3O5. The lowest BCUT2D eigenvalue weighted by atomic mass is 9.98. The maximum absolute atomic E-state index is 13.1. The van der Waals surface area contributed by atoms with E-state index in [9.17, 15) is 24.6 Å². The minimum atomic E-state index is -1.04. The Hall–Kier alpha value is -2.61. The fourth-order valence-electron chi connectivity index (χ4n) is 3.34. The Morgan fingerprint density at radius 3 is 2.50 bits per heavy atom. The zero-order valence-corrected chi connectivity index (χ0v) is 16.3. The van der Waals surface area contributed by atoms with Gasteiger partial charge in [0.2, 0.25) is 11.8 Å². The van der Waals surface area contributed by atoms with Crippen molar-refractivity contribution in [1.29, 1.82) is 0 Å². The second-order valence-corrected chi connectivity index (χ2v) is 7.37. The number of hydrogen-bond donors (Lipinski definition) is 4. The van der Waals surface area contributed by atoms with Gasteiger partial charge in [-0.2, -0.15) is 0 Å². The van der Waals surface area contributed by atoms with Gasteiger partial charge in [0, 0.05) is 13.0 Å². The zero-order chi connectivity index (χ0) is 20.8. The minimum Gasteiger partial charge on any atom is -0.508 e. The molecule has 2 rings (SSSR count). The molecule has 28 heavy (non-hydrogen) atoms. The molecule has 8 nitrogen and oxygen atoms in total. The van der Waals surface area contributed by atoms with Gasteiger partial charge in [0.1, 0.15) is 17.8 Å². The molecule has 0 aromatic heterocycles. The highest BCUT2D eigenvalue weighted by atomic mass is 16.4. The van der Waals surface area contributed by atoms with Crippen LogP contribution in [0.15, 0.2) is 24.3 Å². The second kappa shape index (κ2) is 9.54. The smallest absolute Gasteiger partial charge is 0.326 e. The third-order valence-electron chi connectivity index (χ3n) is 5.37. The van der Waals surface area contributed by atoms with Gasteiger partial charge < -0.3 is 26.2 Å². The van der Waals surface area contributed by atoms with E-state index < -0.39 is 35.9 Å². The van der Waals surface area contributed by atoms with E-state index >= 15 is 0 Å². The molecule has 1 heterocycles. The Labute approximate surface area is 164 Å². The highest BCUT2D eigenvalue weighted by molar-refractivity contribution is 5.92. The Kier molecular flexibility index (Phi) is 7.39. The van der Waals surface area contributed by atoms with Gasteiger partial charge in [-0.15, -0.1) is 0 Å². The first kappa shape index (κ1) is 21.7. The van der Waals surface area contributed by atoms with Gasteiger partial charge in [0.15, 0.2) is 0 Å². The molecule has 4 atom stereocenters. The van der Waals surface area contributed by atoms with Gasteiger partial charge in [0.25, 0.3) is 0 Å². The van der Waals surface area contributed by atoms with Gasteiger partial charge in [-0.1, -0.05) is 32.4 Å². The van der Waals surface area contributed by atoms with Crippen LogP contribution in [0.1, 0.15) is 38.7 Å². The largest absolute Gasteiger partial charge is 0.508 e. The van der Waals surface area contributed by atoms with Crippen LogP contribution in [0.4, 0.5) is 0 Å². The first-order chi connectivity index (χ1) is 13.2. The number of rotatable bonds is 8. The number of carbonyl (C=O) groups excluding carboxylic acids is 2. The Morgan fingerprint density at radius 1 is 1.29 bits per heavy atom. The average Bonchev–Trinajstić information content (AvgIpc) is 3.17. The lowest BCUT2D eigenvalue weighted by molar-refractivity contribution is -0.149. The molecule has 0 saturated carbocycles. The van der Waals surface area contributed by atoms with Gasteiger partial charge in [-0.05, 0) is 36.5 Å². The average molecular weight is 391 g/mol. The summed E-state index contributed by atoms with van der Waals surface area (Å²) in [7, 11) is 0. The van der Waals surface area contributed by atoms with Crippen molar-refractivity contribution in [3.8, 4) is 5.75 Å². The predicted octanol–water partition coefficient (Wildman–Crippen LogP) is 0.869. The van der Waals surface area contributed by atoms with Crippen molar-refractivity contribution in [3.63, 3.8) is 0 Å². The fraction of sp³-hybridized carbons (Fsp3) is 0.550. The molecule has 0 aliphatic carbocycles. The van der Waals surface area contributed by atoms with Crippen LogP contribution in [-0.2, 0) is 20.8 Å². The quantitative estimate of drug-likeness (QED) is 0.520. The number of benzene rings is 1. The lowest BCUT2D eigenvalue weighted by Gasteiger charge is -2.29. The number of nitrogens with one attached hydrogen (secondary N) is 1. The number of aromatic hydroxyl groups is 1. The predicted molar refractivity (Wildman–Crippen MR) is 104 cm³/mol. The Bertz CT molecular complexity index is 706. The molecule has 1 aliphatic rings. The van der Waals surface area contributed by atoms with Gasteiger partial charge in [0.05, 0.1) is 6.04 Å². The zero-order valence-electron chi connectivity index (χ0n) is 16.3. The lowest BCUT2D eigenvalue weighted by Crippen LogP contribution is -2.56. The highest BCUT2D eigenvalue weighted by Crippen LogP contribution is 2.20. The number of likely N-dealkylation sites (tertiary alicyclic amines) is 1. The van der Waals surface area contributed by atoms with Crippen LogP contribution in [0.25, 0.3) is 0 Å². The number of phenols is 1. The topological polar surface area (TPSA) is 133 Å². The van der Waals surface area contributed by atoms with Crippen LogP contribution in [0.5, 0.6) is 5.75 Å². The van der Waals surface area contributed by atoms with E-state index in [1.54, 1.807) is 12.1 Å². The molecule has 1 fully saturated rings. The molecule has 1 aromatic carbocycles. The van der Waals surface area contributed by atoms with E-state index in [1.165, 1.54) is 17.0 Å². The standard InChI is InChI=1S/C20H29N3O5/c1-3-12(2)17(21)18(25)22-15(11-13-6-8-14(24)9-7-13)19(26)23-10-4-5-16(23)20(27)28/h6-9,12,15-17,24H,3-5,10-11,21H2,1-2H3,(H,22,25)(H,27,28). The second-order valence-electron chi connectivity index (χ2n) is 7.37. The van der Waals surface area contributed by atoms with Gasteiger partial charge in [-0.3, -0.25) is 9.59 Å². The van der Waals surface area contributed by atoms with E-state index in [-0.39, 0.29) is 18.1 Å². The summed E-state index contributed by atoms with van der Waals surface area (Å²) in [6.07, 6.45) is 1.90. The normalized spacial score (nSPS) is 19.7. The van der Waals surface area contributed by atoms with E-state index in [4.69, 9.17) is 5.73 Å². The van der Waals surface area contributed by atoms with E-state index in [2.05, 4.69) is 5.32 Å². The molecule has 154 valence electrons. The van der Waals surface area contributed by atoms with Crippen molar-refractivity contribution in [2.45, 2.75) is 57.7 Å². The Morgan fingerprint density at radius 2 is 1.93 bits per heavy atom. The summed E-state index contributed by atoms with van der Waals surface area (Å²) in [4.78, 5) is 38.4. The molecule has 4 unspecified atom stereocenters. The van der Waals surface area contributed by atoms with E-state index in [0.29, 0.717) is 19.4 Å². The molecule has 0 bridgehead atoms. The fourth-order valence-corrected chi connectivity index (χ4v) is 3.34. The number of carbonyl (C=O) groups is 3. The number of nitrogens with zero attached hydrogens (tertiary/aromatic N) is 1. The van der Waals surface area contributed by atoms with Crippen LogP contribution >= 0.6 is 0 Å². The SMILES string of the molecule is CCC(C)C(N)C(=O)NC(Cc1ccc(O)cc1)C(=O)N1CCCC1C(=O)O. The first-order valence-corrected chi connectivity index (χ1v) is 9.61. The van der Waals surface area contributed by atoms with Crippen LogP contribution in [0, 0.1) is 5.92 Å². The third kappa shape index (κ3) is 5.22. The van der Waals surface area contributed by atoms with Crippen LogP contribution in [0.3, 0.4) is 0 Å². The number of aliphatic carboxylic acids is 1. The maximum atomic E-state index is 13.1. The van der Waals surface area contributed by atoms with Crippen molar-refractivity contribution in [1.82, 2.24) is 10.2 Å². The molecule has 0 spiro atoms. The van der Waals surface area contributed by atoms with Crippen molar-refractivity contribution in [3.05, 3.63) is 29.8 Å². The molecule has 8 heteroatoms. The summed E-state index contributed by atoms with van der Waals surface area (Å²) >= 11 is 0. The van der Waals surface area contributed by atoms with Crippen molar-refractivity contribution >= 4 is 17.8 Å². The molecule has 0 radical (unpaired) electrons. The highest BCUT2D eigenvalue weighted by Gasteiger charge is 2.38. The summed E-state index contributed by atoms with van der Waals surface area (Å²) in [5.74, 6) is -1.86. The van der Waals surface area contributed by atoms with Gasteiger partial charge in [-0.25, -0.2) is 4.79 Å². The molecule has 1 aliphatic heterocycles. The van der Waals surface area contributed by atoms with Crippen LogP contribution in [0.2, 0.25) is 0 Å². The molecule has 2 amide bonds. The Balaban J connectivity index is 2.22. The third-order valence-corrected chi connectivity index (χ3v) is 5.37. The number of carboxylic acid groups (broad SMARTS) is 1. The number of hydrogen-bond acceptors (Lipinski definition) is 5. The van der Waals surface area contributed by atoms with Crippen molar-refractivity contribution < 1.29 is 24.6 Å². The van der Waals surface area contributed by atoms with E-state index in [0.717, 1.165) is 12.0 Å². The minimum absolute atomic E-state index is 0.0528. The summed E-state index contributed by atoms with van der Waals surface area (Å²) in [6.45, 7) is 4.13. The molecule has 5 N–H and O–H groups in total. The summed E-state index contributed by atoms with van der Waals surface area (Å²) in [5, 5.41) is 21.5. The van der Waals surface area contributed by atoms with Crippen molar-refractivity contribution in [2.75, 3.05) is 6.54 Å². The summed E-state index contributed by atoms with van der Waals surface area (Å²) in [6, 6.07) is 3.76. The van der Waals surface area contributed by atoms with Crippen molar-refractivity contribution in [2.24, 2.45) is 11.7 Å². The summed E-state index contributed by atoms with van der Waals surface area (Å²) < 4.78 is 0. The first-order valence-electron chi connectivity index (χ1n) is 9.61. The molecule has 1 saturated heterocycles. The molecular weight excluding hydrogens is 362 g/mol. The maximum Gasteiger partial charge on any atom is 0.326 e. The number of carboxylic acids is 1. The number of phenolic OH excluding ortho intramolecular Hbond substituents is 1. The van der Waals surface area contributed by atoms with E-state index in [1.807, 2.05) is 13.8 Å². The van der Waals surface area contributed by atoms with Gasteiger partial charge >= 0.3 is 5.97 Å². The molecule has 1 aromatic rings.